The monoisotopic (exact) mass is 255 g/mol. The molecule has 2 atom stereocenters. The van der Waals surface area contributed by atoms with Gasteiger partial charge in [0.2, 0.25) is 5.91 Å². The Kier molecular flexibility index (Phi) is 5.11. The molecule has 5 nitrogen and oxygen atoms in total. The topological polar surface area (TPSA) is 83.5 Å². The highest BCUT2D eigenvalue weighted by Crippen LogP contribution is 2.32. The number of ketones is 1. The minimum absolute atomic E-state index is 0.665. The summed E-state index contributed by atoms with van der Waals surface area (Å²) in [5.41, 5.74) is 0. The molecule has 0 aliphatic heterocycles. The number of carbonyl (C=O) groups is 3. The second-order valence-corrected chi connectivity index (χ2v) is 3.52. The fourth-order valence-corrected chi connectivity index (χ4v) is 1.21. The number of hydrogen-bond donors (Lipinski definition) is 2. The fraction of sp³-hybridized carbons (Fsp3) is 0.667. The molecule has 0 saturated heterocycles. The van der Waals surface area contributed by atoms with E-state index in [-0.39, 0.29) is 0 Å². The van der Waals surface area contributed by atoms with E-state index in [1.54, 1.807) is 0 Å². The first-order chi connectivity index (χ1) is 7.57. The van der Waals surface area contributed by atoms with Gasteiger partial charge in [-0.3, -0.25) is 14.4 Å². The molecule has 0 aromatic heterocycles. The molecule has 0 aliphatic carbocycles. The van der Waals surface area contributed by atoms with Crippen LogP contribution in [0.2, 0.25) is 0 Å². The summed E-state index contributed by atoms with van der Waals surface area (Å²) in [6, 6.07) is 0. The summed E-state index contributed by atoms with van der Waals surface area (Å²) in [6.07, 6.45) is -4.95. The molecule has 0 fully saturated rings. The van der Waals surface area contributed by atoms with Crippen LogP contribution < -0.4 is 5.32 Å². The summed E-state index contributed by atoms with van der Waals surface area (Å²) in [5, 5.41) is 10.4. The van der Waals surface area contributed by atoms with Crippen molar-refractivity contribution in [1.29, 1.82) is 0 Å². The minimum Gasteiger partial charge on any atom is -0.481 e. The Balaban J connectivity index is 4.88. The molecule has 2 N–H and O–H groups in total. The van der Waals surface area contributed by atoms with Crippen LogP contribution in [0.25, 0.3) is 0 Å². The van der Waals surface area contributed by atoms with Crippen molar-refractivity contribution >= 4 is 17.7 Å². The number of carbonyl (C=O) groups excluding carboxylic acids is 2. The van der Waals surface area contributed by atoms with Crippen molar-refractivity contribution in [1.82, 2.24) is 5.32 Å². The van der Waals surface area contributed by atoms with Gasteiger partial charge in [0.1, 0.15) is 5.92 Å². The lowest BCUT2D eigenvalue weighted by molar-refractivity contribution is -0.196. The van der Waals surface area contributed by atoms with E-state index in [1.165, 1.54) is 0 Å². The van der Waals surface area contributed by atoms with Crippen LogP contribution in [0.4, 0.5) is 13.2 Å². The van der Waals surface area contributed by atoms with Crippen LogP contribution >= 0.6 is 0 Å². The van der Waals surface area contributed by atoms with Gasteiger partial charge in [-0.1, -0.05) is 6.92 Å². The highest BCUT2D eigenvalue weighted by molar-refractivity contribution is 5.90. The van der Waals surface area contributed by atoms with Gasteiger partial charge in [0.25, 0.3) is 0 Å². The molecule has 0 spiro atoms. The molecule has 0 aliphatic rings. The van der Waals surface area contributed by atoms with Gasteiger partial charge in [0.15, 0.2) is 5.78 Å². The normalized spacial score (nSPS) is 14.9. The zero-order chi connectivity index (χ0) is 13.8. The van der Waals surface area contributed by atoms with Gasteiger partial charge in [-0.25, -0.2) is 0 Å². The second-order valence-electron chi connectivity index (χ2n) is 3.52. The molecule has 0 rings (SSSR count). The molecule has 17 heavy (non-hydrogen) atoms. The lowest BCUT2D eigenvalue weighted by Gasteiger charge is -2.22. The number of nitrogens with one attached hydrogen (secondary N) is 1. The van der Waals surface area contributed by atoms with Crippen molar-refractivity contribution in [3.05, 3.63) is 0 Å². The van der Waals surface area contributed by atoms with E-state index in [1.807, 2.05) is 5.32 Å². The quantitative estimate of drug-likeness (QED) is 0.753. The minimum atomic E-state index is -4.95. The fourth-order valence-electron chi connectivity index (χ4n) is 1.21. The predicted octanol–water partition coefficient (Wildman–Crippen LogP) is 0.591. The molecular formula is C9H12F3NO4. The zero-order valence-electron chi connectivity index (χ0n) is 9.17. The van der Waals surface area contributed by atoms with E-state index in [4.69, 9.17) is 5.11 Å². The first-order valence-electron chi connectivity index (χ1n) is 4.64. The predicted molar refractivity (Wildman–Crippen MR) is 50.0 cm³/mol. The van der Waals surface area contributed by atoms with Gasteiger partial charge in [0, 0.05) is 6.92 Å². The standard InChI is InChI=1S/C9H12F3NO4/c1-4(8(16)17)7(9(10,11)12)6(15)3-13-5(2)14/h4,7H,3H2,1-2H3,(H,13,14)(H,16,17). The number of rotatable bonds is 5. The molecule has 0 bridgehead atoms. The Morgan fingerprint density at radius 2 is 1.76 bits per heavy atom. The maximum absolute atomic E-state index is 12.5. The third-order valence-electron chi connectivity index (χ3n) is 2.10. The molecule has 0 aromatic rings. The summed E-state index contributed by atoms with van der Waals surface area (Å²) in [5.74, 6) is -8.27. The van der Waals surface area contributed by atoms with Crippen LogP contribution in [-0.2, 0) is 14.4 Å². The van der Waals surface area contributed by atoms with Crippen molar-refractivity contribution in [2.75, 3.05) is 6.54 Å². The van der Waals surface area contributed by atoms with Crippen LogP contribution in [0.15, 0.2) is 0 Å². The number of carboxylic acids is 1. The van der Waals surface area contributed by atoms with Crippen LogP contribution in [0.5, 0.6) is 0 Å². The molecule has 0 heterocycles. The van der Waals surface area contributed by atoms with Crippen LogP contribution in [0, 0.1) is 11.8 Å². The van der Waals surface area contributed by atoms with Gasteiger partial charge in [0.05, 0.1) is 12.5 Å². The Morgan fingerprint density at radius 1 is 1.29 bits per heavy atom. The Labute approximate surface area is 95.0 Å². The average molecular weight is 255 g/mol. The van der Waals surface area contributed by atoms with E-state index in [0.717, 1.165) is 13.8 Å². The third kappa shape index (κ3) is 4.83. The number of hydrogen-bond acceptors (Lipinski definition) is 3. The number of carboxylic acid groups (broad SMARTS) is 1. The van der Waals surface area contributed by atoms with Crippen LogP contribution in [-0.4, -0.2) is 35.5 Å². The van der Waals surface area contributed by atoms with Crippen LogP contribution in [0.3, 0.4) is 0 Å². The third-order valence-corrected chi connectivity index (χ3v) is 2.10. The molecule has 0 saturated carbocycles. The smallest absolute Gasteiger partial charge is 0.399 e. The molecule has 98 valence electrons. The summed E-state index contributed by atoms with van der Waals surface area (Å²) >= 11 is 0. The summed E-state index contributed by atoms with van der Waals surface area (Å²) in [7, 11) is 0. The van der Waals surface area contributed by atoms with Crippen LogP contribution in [0.1, 0.15) is 13.8 Å². The van der Waals surface area contributed by atoms with E-state index >= 15 is 0 Å². The number of amides is 1. The lowest BCUT2D eigenvalue weighted by atomic mass is 9.89. The van der Waals surface area contributed by atoms with Gasteiger partial charge >= 0.3 is 12.1 Å². The lowest BCUT2D eigenvalue weighted by Crippen LogP contribution is -2.43. The average Bonchev–Trinajstić information content (AvgIpc) is 2.12. The van der Waals surface area contributed by atoms with Crippen molar-refractivity contribution in [2.24, 2.45) is 11.8 Å². The van der Waals surface area contributed by atoms with E-state index in [2.05, 4.69) is 0 Å². The maximum atomic E-state index is 12.5. The first kappa shape index (κ1) is 15.4. The Morgan fingerprint density at radius 3 is 2.06 bits per heavy atom. The molecule has 8 heteroatoms. The Hall–Kier alpha value is -1.60. The number of halogens is 3. The van der Waals surface area contributed by atoms with Crippen molar-refractivity contribution in [3.63, 3.8) is 0 Å². The second kappa shape index (κ2) is 5.65. The zero-order valence-corrected chi connectivity index (χ0v) is 9.17. The summed E-state index contributed by atoms with van der Waals surface area (Å²) in [6.45, 7) is 1.000. The number of alkyl halides is 3. The highest BCUT2D eigenvalue weighted by atomic mass is 19.4. The highest BCUT2D eigenvalue weighted by Gasteiger charge is 2.49. The van der Waals surface area contributed by atoms with Gasteiger partial charge in [-0.15, -0.1) is 0 Å². The summed E-state index contributed by atoms with van der Waals surface area (Å²) < 4.78 is 37.5. The largest absolute Gasteiger partial charge is 0.481 e. The van der Waals surface area contributed by atoms with E-state index < -0.39 is 42.2 Å². The first-order valence-corrected chi connectivity index (χ1v) is 4.64. The molecule has 1 amide bonds. The molecule has 0 aromatic carbocycles. The van der Waals surface area contributed by atoms with E-state index in [9.17, 15) is 27.6 Å². The Bertz CT molecular complexity index is 327. The van der Waals surface area contributed by atoms with Gasteiger partial charge in [-0.2, -0.15) is 13.2 Å². The molecular weight excluding hydrogens is 243 g/mol. The van der Waals surface area contributed by atoms with Gasteiger partial charge < -0.3 is 10.4 Å². The number of Topliss-reactive ketones (excluding diaryl/α,β-unsaturated/α-hetero) is 1. The van der Waals surface area contributed by atoms with Gasteiger partial charge in [-0.05, 0) is 0 Å². The SMILES string of the molecule is CC(=O)NCC(=O)C(C(C)C(=O)O)C(F)(F)F. The molecule has 0 radical (unpaired) electrons. The summed E-state index contributed by atoms with van der Waals surface area (Å²) in [4.78, 5) is 32.2. The van der Waals surface area contributed by atoms with E-state index in [0.29, 0.717) is 0 Å². The van der Waals surface area contributed by atoms with Crippen molar-refractivity contribution in [3.8, 4) is 0 Å². The molecule has 2 unspecified atom stereocenters. The maximum Gasteiger partial charge on any atom is 0.399 e. The number of aliphatic carboxylic acids is 1. The van der Waals surface area contributed by atoms with Crippen molar-refractivity contribution in [2.45, 2.75) is 20.0 Å². The van der Waals surface area contributed by atoms with Crippen molar-refractivity contribution < 1.29 is 32.7 Å².